The average Bonchev–Trinajstić information content (AvgIpc) is 3.40. The smallest absolute Gasteiger partial charge is 0.293 e. The predicted octanol–water partition coefficient (Wildman–Crippen LogP) is 4.83. The molecule has 1 aliphatic heterocycles. The number of fused-ring (bicyclic) bond motifs is 1. The van der Waals surface area contributed by atoms with Gasteiger partial charge in [-0.3, -0.25) is 14.9 Å². The van der Waals surface area contributed by atoms with Crippen LogP contribution in [-0.4, -0.2) is 44.0 Å². The summed E-state index contributed by atoms with van der Waals surface area (Å²) in [4.78, 5) is 26.8. The summed E-state index contributed by atoms with van der Waals surface area (Å²) in [5.41, 5.74) is 0.703. The van der Waals surface area contributed by atoms with E-state index in [2.05, 4.69) is 10.3 Å². The highest BCUT2D eigenvalue weighted by Gasteiger charge is 2.25. The standard InChI is InChI=1S/C27H26N4O7S/c32-27(22-3-1-2-4-26(22)38-20-5-7-23-19(15-20)9-12-28-23)30-39(35,36)21-6-8-24(25(16-21)31(33)34)29-17-18-10-13-37-14-11-18/h1-9,12,15-16,18,28-29H,10-11,13-14,17H2,(H,30,32). The Morgan fingerprint density at radius 2 is 1.87 bits per heavy atom. The number of para-hydroxylation sites is 1. The van der Waals surface area contributed by atoms with Crippen molar-refractivity contribution in [3.63, 3.8) is 0 Å². The molecule has 1 fully saturated rings. The van der Waals surface area contributed by atoms with Crippen molar-refractivity contribution in [3.8, 4) is 11.5 Å². The van der Waals surface area contributed by atoms with Gasteiger partial charge in [-0.05, 0) is 67.3 Å². The van der Waals surface area contributed by atoms with Gasteiger partial charge in [0.1, 0.15) is 17.2 Å². The number of sulfonamides is 1. The number of hydrogen-bond acceptors (Lipinski definition) is 8. The van der Waals surface area contributed by atoms with Crippen molar-refractivity contribution in [2.45, 2.75) is 17.7 Å². The van der Waals surface area contributed by atoms with Crippen LogP contribution in [-0.2, 0) is 14.8 Å². The minimum Gasteiger partial charge on any atom is -0.457 e. The van der Waals surface area contributed by atoms with E-state index in [1.807, 2.05) is 16.9 Å². The maximum Gasteiger partial charge on any atom is 0.293 e. The van der Waals surface area contributed by atoms with Gasteiger partial charge < -0.3 is 19.8 Å². The van der Waals surface area contributed by atoms with Crippen LogP contribution in [0.2, 0.25) is 0 Å². The Hall–Kier alpha value is -4.42. The first-order valence-corrected chi connectivity index (χ1v) is 13.8. The molecule has 2 heterocycles. The van der Waals surface area contributed by atoms with Crippen molar-refractivity contribution in [3.05, 3.63) is 88.6 Å². The van der Waals surface area contributed by atoms with E-state index in [-0.39, 0.29) is 17.0 Å². The maximum atomic E-state index is 13.1. The van der Waals surface area contributed by atoms with Gasteiger partial charge >= 0.3 is 0 Å². The van der Waals surface area contributed by atoms with E-state index in [1.54, 1.807) is 36.5 Å². The number of rotatable bonds is 9. The average molecular weight is 551 g/mol. The van der Waals surface area contributed by atoms with Gasteiger partial charge in [-0.25, -0.2) is 13.1 Å². The first-order chi connectivity index (χ1) is 18.8. The van der Waals surface area contributed by atoms with Gasteiger partial charge in [-0.2, -0.15) is 0 Å². The third kappa shape index (κ3) is 6.02. The van der Waals surface area contributed by atoms with Gasteiger partial charge in [0, 0.05) is 42.9 Å². The molecular weight excluding hydrogens is 524 g/mol. The molecule has 1 aliphatic rings. The van der Waals surface area contributed by atoms with Crippen LogP contribution in [0.3, 0.4) is 0 Å². The number of anilines is 1. The Labute approximate surface area is 224 Å². The number of H-pyrrole nitrogens is 1. The quantitative estimate of drug-likeness (QED) is 0.198. The zero-order valence-corrected chi connectivity index (χ0v) is 21.6. The molecule has 0 saturated carbocycles. The number of aromatic nitrogens is 1. The third-order valence-electron chi connectivity index (χ3n) is 6.51. The number of nitro benzene ring substituents is 1. The Bertz CT molecular complexity index is 1630. The van der Waals surface area contributed by atoms with Gasteiger partial charge in [0.25, 0.3) is 21.6 Å². The van der Waals surface area contributed by atoms with Crippen molar-refractivity contribution in [1.29, 1.82) is 0 Å². The van der Waals surface area contributed by atoms with Crippen molar-refractivity contribution in [2.75, 3.05) is 25.1 Å². The van der Waals surface area contributed by atoms with Gasteiger partial charge in [-0.1, -0.05) is 12.1 Å². The number of nitro groups is 1. The zero-order chi connectivity index (χ0) is 27.4. The summed E-state index contributed by atoms with van der Waals surface area (Å²) in [5.74, 6) is -0.0191. The molecule has 12 heteroatoms. The minimum atomic E-state index is -4.43. The second-order valence-electron chi connectivity index (χ2n) is 9.13. The molecule has 39 heavy (non-hydrogen) atoms. The molecule has 3 aromatic carbocycles. The van der Waals surface area contributed by atoms with E-state index in [4.69, 9.17) is 9.47 Å². The van der Waals surface area contributed by atoms with Crippen molar-refractivity contribution in [1.82, 2.24) is 9.71 Å². The molecule has 5 rings (SSSR count). The molecule has 1 saturated heterocycles. The van der Waals surface area contributed by atoms with Crippen molar-refractivity contribution in [2.24, 2.45) is 5.92 Å². The summed E-state index contributed by atoms with van der Waals surface area (Å²) in [7, 11) is -4.43. The number of benzene rings is 3. The van der Waals surface area contributed by atoms with Crippen LogP contribution in [0, 0.1) is 16.0 Å². The number of aromatic amines is 1. The molecule has 1 aromatic heterocycles. The molecule has 4 aromatic rings. The summed E-state index contributed by atoms with van der Waals surface area (Å²) in [6.45, 7) is 1.78. The number of nitrogens with one attached hydrogen (secondary N) is 3. The van der Waals surface area contributed by atoms with E-state index in [0.29, 0.717) is 31.4 Å². The number of carbonyl (C=O) groups is 1. The molecule has 11 nitrogen and oxygen atoms in total. The fourth-order valence-corrected chi connectivity index (χ4v) is 5.37. The van der Waals surface area contributed by atoms with Crippen LogP contribution in [0.5, 0.6) is 11.5 Å². The number of nitrogens with zero attached hydrogens (tertiary/aromatic N) is 1. The van der Waals surface area contributed by atoms with Gasteiger partial charge in [-0.15, -0.1) is 0 Å². The summed E-state index contributed by atoms with van der Waals surface area (Å²) >= 11 is 0. The molecule has 0 unspecified atom stereocenters. The normalized spacial score (nSPS) is 14.2. The van der Waals surface area contributed by atoms with E-state index in [1.165, 1.54) is 18.2 Å². The van der Waals surface area contributed by atoms with E-state index in [0.717, 1.165) is 29.8 Å². The van der Waals surface area contributed by atoms with Crippen LogP contribution in [0.4, 0.5) is 11.4 Å². The SMILES string of the molecule is O=C(NS(=O)(=O)c1ccc(NCC2CCOCC2)c([N+](=O)[O-])c1)c1ccccc1Oc1ccc2[nH]ccc2c1. The first kappa shape index (κ1) is 26.2. The highest BCUT2D eigenvalue weighted by atomic mass is 32.2. The summed E-state index contributed by atoms with van der Waals surface area (Å²) in [5, 5.41) is 15.7. The highest BCUT2D eigenvalue weighted by Crippen LogP contribution is 2.30. The lowest BCUT2D eigenvalue weighted by atomic mass is 10.0. The Balaban J connectivity index is 1.33. The lowest BCUT2D eigenvalue weighted by Crippen LogP contribution is -2.31. The second-order valence-corrected chi connectivity index (χ2v) is 10.8. The molecule has 0 aliphatic carbocycles. The Morgan fingerprint density at radius 3 is 2.67 bits per heavy atom. The fourth-order valence-electron chi connectivity index (χ4n) is 4.38. The monoisotopic (exact) mass is 550 g/mol. The topological polar surface area (TPSA) is 153 Å². The molecule has 202 valence electrons. The molecule has 0 radical (unpaired) electrons. The van der Waals surface area contributed by atoms with Gasteiger partial charge in [0.2, 0.25) is 0 Å². The molecule has 0 bridgehead atoms. The van der Waals surface area contributed by atoms with Crippen LogP contribution in [0.25, 0.3) is 10.9 Å². The van der Waals surface area contributed by atoms with Crippen molar-refractivity contribution < 1.29 is 27.6 Å². The molecule has 1 amide bonds. The number of ether oxygens (including phenoxy) is 2. The van der Waals surface area contributed by atoms with Crippen LogP contribution < -0.4 is 14.8 Å². The molecule has 0 atom stereocenters. The van der Waals surface area contributed by atoms with Gasteiger partial charge in [0.15, 0.2) is 0 Å². The zero-order valence-electron chi connectivity index (χ0n) is 20.8. The lowest BCUT2D eigenvalue weighted by molar-refractivity contribution is -0.384. The number of amides is 1. The molecule has 0 spiro atoms. The lowest BCUT2D eigenvalue weighted by Gasteiger charge is -2.22. The second kappa shape index (κ2) is 11.1. The van der Waals surface area contributed by atoms with Crippen LogP contribution >= 0.6 is 0 Å². The Morgan fingerprint density at radius 1 is 1.08 bits per heavy atom. The highest BCUT2D eigenvalue weighted by molar-refractivity contribution is 7.90. The Kier molecular flexibility index (Phi) is 7.48. The summed E-state index contributed by atoms with van der Waals surface area (Å²) in [6.07, 6.45) is 3.47. The van der Waals surface area contributed by atoms with Crippen LogP contribution in [0.15, 0.2) is 77.8 Å². The maximum absolute atomic E-state index is 13.1. The largest absolute Gasteiger partial charge is 0.457 e. The van der Waals surface area contributed by atoms with E-state index in [9.17, 15) is 23.3 Å². The van der Waals surface area contributed by atoms with Crippen LogP contribution in [0.1, 0.15) is 23.2 Å². The van der Waals surface area contributed by atoms with Gasteiger partial charge in [0.05, 0.1) is 15.4 Å². The fraction of sp³-hybridized carbons (Fsp3) is 0.222. The summed E-state index contributed by atoms with van der Waals surface area (Å²) in [6, 6.07) is 16.9. The number of carbonyl (C=O) groups excluding carboxylic acids is 1. The summed E-state index contributed by atoms with van der Waals surface area (Å²) < 4.78 is 39.4. The first-order valence-electron chi connectivity index (χ1n) is 12.3. The van der Waals surface area contributed by atoms with E-state index >= 15 is 0 Å². The molecular formula is C27H26N4O7S. The van der Waals surface area contributed by atoms with Crippen molar-refractivity contribution >= 4 is 38.2 Å². The predicted molar refractivity (Wildman–Crippen MR) is 145 cm³/mol. The minimum absolute atomic E-state index is 0.0144. The number of hydrogen-bond donors (Lipinski definition) is 3. The molecule has 3 N–H and O–H groups in total. The third-order valence-corrected chi connectivity index (χ3v) is 7.84. The van der Waals surface area contributed by atoms with E-state index < -0.39 is 31.4 Å².